The van der Waals surface area contributed by atoms with Crippen molar-refractivity contribution in [2.75, 3.05) is 31.6 Å². The number of aromatic nitrogens is 1. The molecule has 100 valence electrons. The van der Waals surface area contributed by atoms with Gasteiger partial charge in [-0.15, -0.1) is 0 Å². The van der Waals surface area contributed by atoms with Crippen LogP contribution >= 0.6 is 0 Å². The van der Waals surface area contributed by atoms with Gasteiger partial charge in [-0.3, -0.25) is 0 Å². The molecule has 0 spiro atoms. The zero-order valence-electron chi connectivity index (χ0n) is 11.1. The Kier molecular flexibility index (Phi) is 5.42. The number of rotatable bonds is 6. The summed E-state index contributed by atoms with van der Waals surface area (Å²) in [4.78, 5) is 4.31. The number of anilines is 1. The van der Waals surface area contributed by atoms with E-state index in [2.05, 4.69) is 28.6 Å². The molecule has 0 saturated carbocycles. The van der Waals surface area contributed by atoms with Gasteiger partial charge in [0.15, 0.2) is 0 Å². The van der Waals surface area contributed by atoms with Crippen LogP contribution in [0.5, 0.6) is 0 Å². The molecule has 4 nitrogen and oxygen atoms in total. The fraction of sp³-hybridized carbons (Fsp3) is 0.643. The van der Waals surface area contributed by atoms with Crippen molar-refractivity contribution in [1.82, 2.24) is 10.3 Å². The predicted molar refractivity (Wildman–Crippen MR) is 73.9 cm³/mol. The minimum Gasteiger partial charge on any atom is -0.378 e. The average Bonchev–Trinajstić information content (AvgIpc) is 2.42. The third kappa shape index (κ3) is 4.27. The highest BCUT2D eigenvalue weighted by molar-refractivity contribution is 5.42. The maximum absolute atomic E-state index is 5.85. The topological polar surface area (TPSA) is 46.2 Å². The summed E-state index contributed by atoms with van der Waals surface area (Å²) in [5, 5.41) is 6.69. The van der Waals surface area contributed by atoms with E-state index >= 15 is 0 Å². The number of aryl methyl sites for hydroxylation is 1. The minimum atomic E-state index is 0.461. The van der Waals surface area contributed by atoms with Gasteiger partial charge in [0, 0.05) is 19.3 Å². The van der Waals surface area contributed by atoms with E-state index in [9.17, 15) is 0 Å². The molecule has 1 aromatic heterocycles. The molecule has 2 heterocycles. The molecule has 0 bridgehead atoms. The first-order chi connectivity index (χ1) is 8.86. The molecule has 0 atom stereocenters. The fourth-order valence-electron chi connectivity index (χ4n) is 2.16. The summed E-state index contributed by atoms with van der Waals surface area (Å²) in [5.74, 6) is 0.986. The van der Waals surface area contributed by atoms with Crippen LogP contribution in [0.1, 0.15) is 24.8 Å². The summed E-state index contributed by atoms with van der Waals surface area (Å²) in [6.45, 7) is 6.01. The molecular formula is C14H23N3O. The standard InChI is InChI=1S/C14H23N3O/c1-12-4-2-7-16-14(12)17-8-3-11-18-13-5-9-15-10-6-13/h2,4,7,13,15H,3,5-6,8-11H2,1H3,(H,16,17). The van der Waals surface area contributed by atoms with Crippen LogP contribution in [0, 0.1) is 6.92 Å². The van der Waals surface area contributed by atoms with Crippen LogP contribution in [-0.4, -0.2) is 37.3 Å². The van der Waals surface area contributed by atoms with Gasteiger partial charge in [-0.1, -0.05) is 6.07 Å². The van der Waals surface area contributed by atoms with Crippen LogP contribution in [0.2, 0.25) is 0 Å². The Balaban J connectivity index is 1.57. The van der Waals surface area contributed by atoms with E-state index in [1.54, 1.807) is 0 Å². The molecule has 0 aliphatic carbocycles. The first-order valence-corrected chi connectivity index (χ1v) is 6.84. The molecule has 1 fully saturated rings. The molecule has 18 heavy (non-hydrogen) atoms. The van der Waals surface area contributed by atoms with E-state index in [1.807, 2.05) is 12.3 Å². The van der Waals surface area contributed by atoms with Gasteiger partial charge in [0.05, 0.1) is 6.10 Å². The maximum atomic E-state index is 5.85. The Morgan fingerprint density at radius 1 is 1.44 bits per heavy atom. The molecule has 0 radical (unpaired) electrons. The van der Waals surface area contributed by atoms with E-state index in [-0.39, 0.29) is 0 Å². The van der Waals surface area contributed by atoms with E-state index in [4.69, 9.17) is 4.74 Å². The Morgan fingerprint density at radius 3 is 3.06 bits per heavy atom. The zero-order valence-corrected chi connectivity index (χ0v) is 11.1. The summed E-state index contributed by atoms with van der Waals surface area (Å²) in [6, 6.07) is 4.03. The molecule has 1 aromatic rings. The van der Waals surface area contributed by atoms with Crippen LogP contribution in [0.25, 0.3) is 0 Å². The first-order valence-electron chi connectivity index (χ1n) is 6.84. The maximum Gasteiger partial charge on any atom is 0.128 e. The lowest BCUT2D eigenvalue weighted by Gasteiger charge is -2.22. The first kappa shape index (κ1) is 13.3. The van der Waals surface area contributed by atoms with Gasteiger partial charge in [-0.05, 0) is 50.9 Å². The number of ether oxygens (including phenoxy) is 1. The number of piperidine rings is 1. The monoisotopic (exact) mass is 249 g/mol. The van der Waals surface area contributed by atoms with Gasteiger partial charge in [0.2, 0.25) is 0 Å². The number of nitrogens with one attached hydrogen (secondary N) is 2. The molecule has 1 aliphatic heterocycles. The lowest BCUT2D eigenvalue weighted by molar-refractivity contribution is 0.0329. The highest BCUT2D eigenvalue weighted by atomic mass is 16.5. The fourth-order valence-corrected chi connectivity index (χ4v) is 2.16. The highest BCUT2D eigenvalue weighted by Crippen LogP contribution is 2.10. The third-order valence-electron chi connectivity index (χ3n) is 3.26. The van der Waals surface area contributed by atoms with Crippen molar-refractivity contribution in [3.05, 3.63) is 23.9 Å². The lowest BCUT2D eigenvalue weighted by atomic mass is 10.1. The summed E-state index contributed by atoms with van der Waals surface area (Å²) in [7, 11) is 0. The third-order valence-corrected chi connectivity index (χ3v) is 3.26. The van der Waals surface area contributed by atoms with Gasteiger partial charge < -0.3 is 15.4 Å². The number of pyridine rings is 1. The number of hydrogen-bond donors (Lipinski definition) is 2. The van der Waals surface area contributed by atoms with E-state index in [0.717, 1.165) is 51.3 Å². The normalized spacial score (nSPS) is 16.7. The average molecular weight is 249 g/mol. The molecule has 0 unspecified atom stereocenters. The second kappa shape index (κ2) is 7.34. The number of nitrogens with zero attached hydrogens (tertiary/aromatic N) is 1. The summed E-state index contributed by atoms with van der Waals surface area (Å²) < 4.78 is 5.85. The quantitative estimate of drug-likeness (QED) is 0.757. The van der Waals surface area contributed by atoms with E-state index in [0.29, 0.717) is 6.10 Å². The van der Waals surface area contributed by atoms with Gasteiger partial charge >= 0.3 is 0 Å². The van der Waals surface area contributed by atoms with Gasteiger partial charge in [0.25, 0.3) is 0 Å². The van der Waals surface area contributed by atoms with Crippen LogP contribution in [-0.2, 0) is 4.74 Å². The van der Waals surface area contributed by atoms with Crippen LogP contribution < -0.4 is 10.6 Å². The van der Waals surface area contributed by atoms with Gasteiger partial charge in [-0.25, -0.2) is 4.98 Å². The van der Waals surface area contributed by atoms with Crippen molar-refractivity contribution in [2.45, 2.75) is 32.3 Å². The molecule has 2 N–H and O–H groups in total. The van der Waals surface area contributed by atoms with Crippen LogP contribution in [0.4, 0.5) is 5.82 Å². The molecule has 1 saturated heterocycles. The van der Waals surface area contributed by atoms with Gasteiger partial charge in [-0.2, -0.15) is 0 Å². The SMILES string of the molecule is Cc1cccnc1NCCCOC1CCNCC1. The Morgan fingerprint density at radius 2 is 2.28 bits per heavy atom. The second-order valence-electron chi connectivity index (χ2n) is 4.77. The van der Waals surface area contributed by atoms with E-state index in [1.165, 1.54) is 5.56 Å². The Hall–Kier alpha value is -1.13. The molecule has 0 amide bonds. The van der Waals surface area contributed by atoms with Crippen molar-refractivity contribution < 1.29 is 4.74 Å². The summed E-state index contributed by atoms with van der Waals surface area (Å²) >= 11 is 0. The van der Waals surface area contributed by atoms with E-state index < -0.39 is 0 Å². The molecule has 1 aliphatic rings. The van der Waals surface area contributed by atoms with Crippen molar-refractivity contribution in [2.24, 2.45) is 0 Å². The van der Waals surface area contributed by atoms with Crippen molar-refractivity contribution >= 4 is 5.82 Å². The highest BCUT2D eigenvalue weighted by Gasteiger charge is 2.12. The van der Waals surface area contributed by atoms with Crippen LogP contribution in [0.15, 0.2) is 18.3 Å². The second-order valence-corrected chi connectivity index (χ2v) is 4.77. The summed E-state index contributed by atoms with van der Waals surface area (Å²) in [5.41, 5.74) is 1.19. The largest absolute Gasteiger partial charge is 0.378 e. The predicted octanol–water partition coefficient (Wildman–Crippen LogP) is 1.96. The smallest absolute Gasteiger partial charge is 0.128 e. The molecule has 4 heteroatoms. The summed E-state index contributed by atoms with van der Waals surface area (Å²) in [6.07, 6.45) is 5.60. The number of hydrogen-bond acceptors (Lipinski definition) is 4. The molecular weight excluding hydrogens is 226 g/mol. The zero-order chi connectivity index (χ0) is 12.6. The molecule has 2 rings (SSSR count). The van der Waals surface area contributed by atoms with Gasteiger partial charge in [0.1, 0.15) is 5.82 Å². The molecule has 0 aromatic carbocycles. The van der Waals surface area contributed by atoms with Crippen molar-refractivity contribution in [1.29, 1.82) is 0 Å². The Bertz CT molecular complexity index is 351. The minimum absolute atomic E-state index is 0.461. The van der Waals surface area contributed by atoms with Crippen molar-refractivity contribution in [3.63, 3.8) is 0 Å². The lowest BCUT2D eigenvalue weighted by Crippen LogP contribution is -2.32. The Labute approximate surface area is 109 Å². The van der Waals surface area contributed by atoms with Crippen LogP contribution in [0.3, 0.4) is 0 Å². The van der Waals surface area contributed by atoms with Crippen molar-refractivity contribution in [3.8, 4) is 0 Å².